The van der Waals surface area contributed by atoms with E-state index in [1.54, 1.807) is 7.11 Å². The second kappa shape index (κ2) is 8.28. The van der Waals surface area contributed by atoms with Gasteiger partial charge in [0.25, 0.3) is 0 Å². The zero-order chi connectivity index (χ0) is 15.2. The van der Waals surface area contributed by atoms with E-state index in [1.807, 2.05) is 11.3 Å². The number of aryl methyl sites for hydroxylation is 1. The van der Waals surface area contributed by atoms with Gasteiger partial charge in [0.15, 0.2) is 0 Å². The van der Waals surface area contributed by atoms with Crippen molar-refractivity contribution in [2.45, 2.75) is 52.7 Å². The zero-order valence-electron chi connectivity index (χ0n) is 13.9. The predicted octanol–water partition coefficient (Wildman–Crippen LogP) is 3.41. The van der Waals surface area contributed by atoms with Crippen molar-refractivity contribution in [2.75, 3.05) is 26.8 Å². The molecule has 3 nitrogen and oxygen atoms in total. The van der Waals surface area contributed by atoms with Crippen LogP contribution in [0.4, 0.5) is 0 Å². The Labute approximate surface area is 133 Å². The van der Waals surface area contributed by atoms with Gasteiger partial charge in [0.2, 0.25) is 0 Å². The van der Waals surface area contributed by atoms with Gasteiger partial charge in [0.1, 0.15) is 0 Å². The number of hydrogen-bond donors (Lipinski definition) is 1. The van der Waals surface area contributed by atoms with Gasteiger partial charge >= 0.3 is 0 Å². The highest BCUT2D eigenvalue weighted by atomic mass is 32.1. The SMILES string of the molecule is COCCN(Cc1cc(CNCC(C)C)sc1C)C1CC1. The molecule has 1 saturated carbocycles. The van der Waals surface area contributed by atoms with E-state index in [0.717, 1.165) is 38.8 Å². The van der Waals surface area contributed by atoms with Crippen molar-refractivity contribution >= 4 is 11.3 Å². The molecule has 1 aliphatic carbocycles. The van der Waals surface area contributed by atoms with E-state index in [0.29, 0.717) is 5.92 Å². The summed E-state index contributed by atoms with van der Waals surface area (Å²) in [6, 6.07) is 3.19. The van der Waals surface area contributed by atoms with Gasteiger partial charge in [-0.3, -0.25) is 4.90 Å². The van der Waals surface area contributed by atoms with Crippen LogP contribution < -0.4 is 5.32 Å². The van der Waals surface area contributed by atoms with E-state index in [2.05, 4.69) is 37.1 Å². The molecule has 1 heterocycles. The second-order valence-corrected chi connectivity index (χ2v) is 7.85. The molecule has 0 amide bonds. The number of hydrogen-bond acceptors (Lipinski definition) is 4. The van der Waals surface area contributed by atoms with Crippen molar-refractivity contribution < 1.29 is 4.74 Å². The summed E-state index contributed by atoms with van der Waals surface area (Å²) >= 11 is 1.94. The van der Waals surface area contributed by atoms with Crippen molar-refractivity contribution in [2.24, 2.45) is 5.92 Å². The van der Waals surface area contributed by atoms with Crippen molar-refractivity contribution in [3.63, 3.8) is 0 Å². The number of methoxy groups -OCH3 is 1. The van der Waals surface area contributed by atoms with Gasteiger partial charge in [0, 0.05) is 42.5 Å². The normalized spacial score (nSPS) is 15.3. The molecule has 2 rings (SSSR count). The molecule has 1 fully saturated rings. The first-order valence-corrected chi connectivity index (χ1v) is 8.93. The topological polar surface area (TPSA) is 24.5 Å². The minimum absolute atomic E-state index is 0.713. The van der Waals surface area contributed by atoms with Crippen LogP contribution in [0.15, 0.2) is 6.07 Å². The predicted molar refractivity (Wildman–Crippen MR) is 90.9 cm³/mol. The Balaban J connectivity index is 1.88. The first-order chi connectivity index (χ1) is 10.1. The van der Waals surface area contributed by atoms with Gasteiger partial charge in [-0.1, -0.05) is 13.8 Å². The van der Waals surface area contributed by atoms with E-state index in [1.165, 1.54) is 28.2 Å². The summed E-state index contributed by atoms with van der Waals surface area (Å²) < 4.78 is 5.25. The lowest BCUT2D eigenvalue weighted by atomic mass is 10.2. The highest BCUT2D eigenvalue weighted by molar-refractivity contribution is 7.12. The van der Waals surface area contributed by atoms with Gasteiger partial charge < -0.3 is 10.1 Å². The first kappa shape index (κ1) is 16.9. The molecule has 0 atom stereocenters. The number of nitrogens with one attached hydrogen (secondary N) is 1. The minimum Gasteiger partial charge on any atom is -0.383 e. The smallest absolute Gasteiger partial charge is 0.0589 e. The third-order valence-corrected chi connectivity index (χ3v) is 5.04. The quantitative estimate of drug-likeness (QED) is 0.717. The average molecular weight is 311 g/mol. The van der Waals surface area contributed by atoms with Crippen molar-refractivity contribution in [3.05, 3.63) is 21.4 Å². The molecule has 1 aromatic heterocycles. The molecular weight excluding hydrogens is 280 g/mol. The summed E-state index contributed by atoms with van der Waals surface area (Å²) in [4.78, 5) is 5.52. The molecule has 0 aliphatic heterocycles. The molecule has 0 radical (unpaired) electrons. The molecule has 1 N–H and O–H groups in total. The molecule has 21 heavy (non-hydrogen) atoms. The summed E-state index contributed by atoms with van der Waals surface area (Å²) in [6.45, 7) is 11.8. The van der Waals surface area contributed by atoms with Crippen LogP contribution >= 0.6 is 11.3 Å². The van der Waals surface area contributed by atoms with Gasteiger partial charge in [-0.2, -0.15) is 0 Å². The molecule has 0 saturated heterocycles. The molecule has 120 valence electrons. The van der Waals surface area contributed by atoms with Gasteiger partial charge in [-0.05, 0) is 43.9 Å². The van der Waals surface area contributed by atoms with Crippen LogP contribution in [0.3, 0.4) is 0 Å². The molecule has 0 aromatic carbocycles. The number of nitrogens with zero attached hydrogens (tertiary/aromatic N) is 1. The summed E-state index contributed by atoms with van der Waals surface area (Å²) in [7, 11) is 1.79. The van der Waals surface area contributed by atoms with Gasteiger partial charge in [0.05, 0.1) is 6.61 Å². The van der Waals surface area contributed by atoms with Crippen LogP contribution in [0.25, 0.3) is 0 Å². The zero-order valence-corrected chi connectivity index (χ0v) is 14.8. The maximum atomic E-state index is 5.25. The third-order valence-electron chi connectivity index (χ3n) is 3.94. The van der Waals surface area contributed by atoms with Gasteiger partial charge in [-0.15, -0.1) is 11.3 Å². The van der Waals surface area contributed by atoms with Crippen molar-refractivity contribution in [1.82, 2.24) is 10.2 Å². The maximum absolute atomic E-state index is 5.25. The Morgan fingerprint density at radius 3 is 2.81 bits per heavy atom. The van der Waals surface area contributed by atoms with E-state index in [4.69, 9.17) is 4.74 Å². The fourth-order valence-corrected chi connectivity index (χ4v) is 3.60. The van der Waals surface area contributed by atoms with Crippen LogP contribution in [0.5, 0.6) is 0 Å². The molecular formula is C17H30N2OS. The molecule has 1 aliphatic rings. The van der Waals surface area contributed by atoms with Crippen LogP contribution in [0.2, 0.25) is 0 Å². The monoisotopic (exact) mass is 310 g/mol. The summed E-state index contributed by atoms with van der Waals surface area (Å²) in [6.07, 6.45) is 2.71. The molecule has 1 aromatic rings. The maximum Gasteiger partial charge on any atom is 0.0589 e. The third kappa shape index (κ3) is 5.70. The van der Waals surface area contributed by atoms with E-state index >= 15 is 0 Å². The fourth-order valence-electron chi connectivity index (χ4n) is 2.57. The Kier molecular flexibility index (Phi) is 6.68. The Hall–Kier alpha value is -0.420. The Morgan fingerprint density at radius 2 is 2.19 bits per heavy atom. The van der Waals surface area contributed by atoms with E-state index in [-0.39, 0.29) is 0 Å². The van der Waals surface area contributed by atoms with Crippen LogP contribution in [0, 0.1) is 12.8 Å². The van der Waals surface area contributed by atoms with E-state index < -0.39 is 0 Å². The minimum atomic E-state index is 0.713. The Morgan fingerprint density at radius 1 is 1.43 bits per heavy atom. The first-order valence-electron chi connectivity index (χ1n) is 8.12. The highest BCUT2D eigenvalue weighted by Crippen LogP contribution is 2.30. The van der Waals surface area contributed by atoms with Crippen molar-refractivity contribution in [3.8, 4) is 0 Å². The molecule has 0 spiro atoms. The highest BCUT2D eigenvalue weighted by Gasteiger charge is 2.29. The number of ether oxygens (including phenoxy) is 1. The molecule has 4 heteroatoms. The fraction of sp³-hybridized carbons (Fsp3) is 0.765. The molecule has 0 unspecified atom stereocenters. The summed E-state index contributed by atoms with van der Waals surface area (Å²) in [5.74, 6) is 0.713. The van der Waals surface area contributed by atoms with Crippen LogP contribution in [-0.2, 0) is 17.8 Å². The lowest BCUT2D eigenvalue weighted by Crippen LogP contribution is -2.29. The average Bonchev–Trinajstić information content (AvgIpc) is 3.20. The summed E-state index contributed by atoms with van der Waals surface area (Å²) in [5.41, 5.74) is 1.50. The lowest BCUT2D eigenvalue weighted by molar-refractivity contribution is 0.139. The standard InChI is InChI=1S/C17H30N2OS/c1-13(2)10-18-11-17-9-15(14(3)21-17)12-19(7-8-20-4)16-5-6-16/h9,13,16,18H,5-8,10-12H2,1-4H3. The van der Waals surface area contributed by atoms with Crippen LogP contribution in [-0.4, -0.2) is 37.7 Å². The number of rotatable bonds is 10. The lowest BCUT2D eigenvalue weighted by Gasteiger charge is -2.21. The second-order valence-electron chi connectivity index (χ2n) is 6.51. The van der Waals surface area contributed by atoms with Gasteiger partial charge in [-0.25, -0.2) is 0 Å². The molecule has 0 bridgehead atoms. The largest absolute Gasteiger partial charge is 0.383 e. The van der Waals surface area contributed by atoms with Crippen LogP contribution in [0.1, 0.15) is 42.0 Å². The Bertz CT molecular complexity index is 426. The van der Waals surface area contributed by atoms with E-state index in [9.17, 15) is 0 Å². The number of thiophene rings is 1. The summed E-state index contributed by atoms with van der Waals surface area (Å²) in [5, 5.41) is 3.54. The van der Waals surface area contributed by atoms with Crippen molar-refractivity contribution in [1.29, 1.82) is 0 Å².